The predicted molar refractivity (Wildman–Crippen MR) is 155 cm³/mol. The van der Waals surface area contributed by atoms with E-state index in [0.29, 0.717) is 12.0 Å². The molecular formula is C31H31F6N5O3. The third-order valence-electron chi connectivity index (χ3n) is 8.10. The normalized spacial score (nSPS) is 23.3. The molecule has 0 saturated heterocycles. The number of aryl methyl sites for hydroxylation is 1. The van der Waals surface area contributed by atoms with Gasteiger partial charge in [0.2, 0.25) is 0 Å². The van der Waals surface area contributed by atoms with Crippen LogP contribution in [0.3, 0.4) is 0 Å². The van der Waals surface area contributed by atoms with Crippen LogP contribution in [0.1, 0.15) is 65.2 Å². The van der Waals surface area contributed by atoms with Crippen LogP contribution in [0, 0.1) is 18.8 Å². The van der Waals surface area contributed by atoms with Gasteiger partial charge in [0.15, 0.2) is 5.78 Å². The van der Waals surface area contributed by atoms with Crippen molar-refractivity contribution >= 4 is 28.8 Å². The van der Waals surface area contributed by atoms with Gasteiger partial charge < -0.3 is 10.4 Å². The number of phenolic OH excluding ortho intramolecular Hbond substituents is 1. The van der Waals surface area contributed by atoms with E-state index >= 15 is 0 Å². The highest BCUT2D eigenvalue weighted by atomic mass is 19.4. The zero-order chi connectivity index (χ0) is 32.8. The topological polar surface area (TPSA) is 109 Å². The number of nitrogens with zero attached hydrogens (tertiary/aromatic N) is 3. The minimum atomic E-state index is -4.83. The number of phenols is 1. The summed E-state index contributed by atoms with van der Waals surface area (Å²) >= 11 is 0. The smallest absolute Gasteiger partial charge is 0.430 e. The molecule has 5 rings (SSSR count). The van der Waals surface area contributed by atoms with Crippen molar-refractivity contribution in [2.75, 3.05) is 5.32 Å². The standard InChI is InChI=1S/C31H31F6N5O3/c1-4-17-11-20(17)27(44)21-14-19(43)10-15(2)26(21)40-29(45)24-12-18(13-25-38-16(3)28(39-25)31(35,36)37)41-42(24)23-9-7-5-6-8-22(23)30(32,33)34/h5-6,8-10,12,14,16-17,20,25,38,43H,4,7,11,13H2,1-3H3,(H,40,45). The summed E-state index contributed by atoms with van der Waals surface area (Å²) in [4.78, 5) is 30.9. The first-order valence-electron chi connectivity index (χ1n) is 14.4. The molecule has 3 aliphatic rings. The number of hydrogen-bond acceptors (Lipinski definition) is 6. The van der Waals surface area contributed by atoms with Gasteiger partial charge in [0.25, 0.3) is 5.91 Å². The largest absolute Gasteiger partial charge is 0.508 e. The van der Waals surface area contributed by atoms with Gasteiger partial charge in [0, 0.05) is 17.9 Å². The Hall–Kier alpha value is -4.20. The third kappa shape index (κ3) is 6.75. The number of amides is 1. The molecule has 0 spiro atoms. The van der Waals surface area contributed by atoms with Gasteiger partial charge in [-0.05, 0) is 62.4 Å². The molecule has 1 fully saturated rings. The second-order valence-corrected chi connectivity index (χ2v) is 11.4. The first kappa shape index (κ1) is 32.2. The molecule has 0 bridgehead atoms. The molecule has 4 atom stereocenters. The number of carbonyl (C=O) groups is 2. The monoisotopic (exact) mass is 635 g/mol. The molecule has 14 heteroatoms. The van der Waals surface area contributed by atoms with Gasteiger partial charge in [0.05, 0.1) is 28.7 Å². The lowest BCUT2D eigenvalue weighted by molar-refractivity contribution is -0.0876. The summed E-state index contributed by atoms with van der Waals surface area (Å²) < 4.78 is 83.4. The van der Waals surface area contributed by atoms with E-state index < -0.39 is 47.4 Å². The number of Topliss-reactive ketones (excluding diaryl/α,β-unsaturated/α-hetero) is 1. The molecule has 2 aliphatic carbocycles. The minimum absolute atomic E-state index is 0.0131. The Bertz CT molecular complexity index is 1650. The highest BCUT2D eigenvalue weighted by Crippen LogP contribution is 2.45. The summed E-state index contributed by atoms with van der Waals surface area (Å²) in [5.41, 5.74) is -2.38. The van der Waals surface area contributed by atoms with Crippen molar-refractivity contribution < 1.29 is 41.0 Å². The van der Waals surface area contributed by atoms with Crippen LogP contribution in [0.5, 0.6) is 5.75 Å². The summed E-state index contributed by atoms with van der Waals surface area (Å²) in [6.07, 6.45) is -4.53. The van der Waals surface area contributed by atoms with E-state index in [2.05, 4.69) is 20.7 Å². The average Bonchev–Trinajstić information content (AvgIpc) is 3.57. The zero-order valence-electron chi connectivity index (χ0n) is 24.6. The molecule has 1 aromatic carbocycles. The lowest BCUT2D eigenvalue weighted by Gasteiger charge is -2.18. The average molecular weight is 636 g/mol. The van der Waals surface area contributed by atoms with Gasteiger partial charge in [-0.2, -0.15) is 31.4 Å². The molecule has 8 nitrogen and oxygen atoms in total. The van der Waals surface area contributed by atoms with Crippen LogP contribution in [0.25, 0.3) is 5.70 Å². The number of alkyl halides is 6. The van der Waals surface area contributed by atoms with Gasteiger partial charge in [-0.3, -0.25) is 19.9 Å². The number of nitrogens with one attached hydrogen (secondary N) is 2. The van der Waals surface area contributed by atoms with Gasteiger partial charge in [-0.1, -0.05) is 31.6 Å². The Morgan fingerprint density at radius 1 is 1.13 bits per heavy atom. The van der Waals surface area contributed by atoms with E-state index in [1.165, 1.54) is 43.4 Å². The maximum absolute atomic E-state index is 14.2. The summed E-state index contributed by atoms with van der Waals surface area (Å²) in [5, 5.41) is 19.8. The second-order valence-electron chi connectivity index (χ2n) is 11.4. The van der Waals surface area contributed by atoms with Crippen LogP contribution < -0.4 is 10.6 Å². The highest BCUT2D eigenvalue weighted by Gasteiger charge is 2.44. The van der Waals surface area contributed by atoms with E-state index in [1.54, 1.807) is 6.92 Å². The van der Waals surface area contributed by atoms with Gasteiger partial charge >= 0.3 is 12.4 Å². The van der Waals surface area contributed by atoms with Crippen molar-refractivity contribution in [2.45, 2.75) is 71.0 Å². The Morgan fingerprint density at radius 2 is 1.87 bits per heavy atom. The summed E-state index contributed by atoms with van der Waals surface area (Å²) in [7, 11) is 0. The van der Waals surface area contributed by atoms with Gasteiger partial charge in [-0.25, -0.2) is 4.68 Å². The number of carbonyl (C=O) groups excluding carboxylic acids is 2. The van der Waals surface area contributed by atoms with Crippen molar-refractivity contribution in [1.82, 2.24) is 15.1 Å². The Morgan fingerprint density at radius 3 is 2.49 bits per heavy atom. The van der Waals surface area contributed by atoms with Gasteiger partial charge in [-0.15, -0.1) is 0 Å². The fraction of sp³-hybridized carbons (Fsp3) is 0.419. The van der Waals surface area contributed by atoms with Crippen LogP contribution in [0.2, 0.25) is 0 Å². The van der Waals surface area contributed by atoms with Crippen molar-refractivity contribution in [1.29, 1.82) is 0 Å². The lowest BCUT2D eigenvalue weighted by atomic mass is 9.99. The van der Waals surface area contributed by atoms with Crippen molar-refractivity contribution in [3.05, 3.63) is 70.6 Å². The summed E-state index contributed by atoms with van der Waals surface area (Å²) in [6.45, 7) is 4.80. The summed E-state index contributed by atoms with van der Waals surface area (Å²) in [5.74, 6) is -1.49. The van der Waals surface area contributed by atoms with E-state index in [1.807, 2.05) is 6.92 Å². The molecule has 1 aliphatic heterocycles. The minimum Gasteiger partial charge on any atom is -0.508 e. The zero-order valence-corrected chi connectivity index (χ0v) is 24.6. The van der Waals surface area contributed by atoms with E-state index in [0.717, 1.165) is 17.2 Å². The Labute approximate surface area is 254 Å². The lowest BCUT2D eigenvalue weighted by Crippen LogP contribution is -2.38. The molecule has 1 amide bonds. The third-order valence-corrected chi connectivity index (χ3v) is 8.10. The SMILES string of the molecule is CCC1CC1C(=O)c1cc(O)cc(C)c1NC(=O)c1cc(CC2N=C(C(F)(F)F)C(C)N2)nn1C1=CCC=CC=C1C(F)(F)F. The molecule has 1 saturated carbocycles. The van der Waals surface area contributed by atoms with Crippen molar-refractivity contribution in [3.63, 3.8) is 0 Å². The molecule has 3 N–H and O–H groups in total. The maximum Gasteiger partial charge on any atom is 0.430 e. The number of halogens is 6. The van der Waals surface area contributed by atoms with E-state index in [4.69, 9.17) is 0 Å². The number of benzene rings is 1. The number of anilines is 1. The Kier molecular flexibility index (Phi) is 8.55. The molecule has 0 radical (unpaired) electrons. The number of aliphatic imine (C=N–C) groups is 1. The predicted octanol–water partition coefficient (Wildman–Crippen LogP) is 6.53. The van der Waals surface area contributed by atoms with Crippen LogP contribution in [-0.2, 0) is 6.42 Å². The Balaban J connectivity index is 1.55. The number of hydrogen-bond donors (Lipinski definition) is 3. The van der Waals surface area contributed by atoms with Crippen LogP contribution in [0.15, 0.2) is 53.1 Å². The van der Waals surface area contributed by atoms with Gasteiger partial charge in [0.1, 0.15) is 23.3 Å². The molecule has 45 heavy (non-hydrogen) atoms. The first-order chi connectivity index (χ1) is 21.1. The second kappa shape index (κ2) is 12.0. The highest BCUT2D eigenvalue weighted by molar-refractivity contribution is 6.11. The first-order valence-corrected chi connectivity index (χ1v) is 14.4. The fourth-order valence-corrected chi connectivity index (χ4v) is 5.76. The fourth-order valence-electron chi connectivity index (χ4n) is 5.76. The molecule has 2 heterocycles. The number of rotatable bonds is 8. The van der Waals surface area contributed by atoms with Crippen molar-refractivity contribution in [2.24, 2.45) is 16.8 Å². The van der Waals surface area contributed by atoms with E-state index in [9.17, 15) is 41.0 Å². The quantitative estimate of drug-likeness (QED) is 0.174. The number of allylic oxidation sites excluding steroid dienone is 6. The molecule has 2 aromatic rings. The van der Waals surface area contributed by atoms with Crippen molar-refractivity contribution in [3.8, 4) is 5.75 Å². The molecular weight excluding hydrogens is 604 g/mol. The number of ketones is 1. The van der Waals surface area contributed by atoms with Crippen LogP contribution in [-0.4, -0.2) is 56.8 Å². The number of aromatic nitrogens is 2. The van der Waals surface area contributed by atoms with Crippen LogP contribution >= 0.6 is 0 Å². The maximum atomic E-state index is 14.2. The van der Waals surface area contributed by atoms with Crippen LogP contribution in [0.4, 0.5) is 32.0 Å². The molecule has 240 valence electrons. The van der Waals surface area contributed by atoms with E-state index in [-0.39, 0.29) is 58.8 Å². The molecule has 4 unspecified atom stereocenters. The summed E-state index contributed by atoms with van der Waals surface area (Å²) in [6, 6.07) is 2.65. The molecule has 1 aromatic heterocycles. The number of aromatic hydroxyl groups is 1.